The Balaban J connectivity index is 2.03. The molecule has 0 bridgehead atoms. The number of carbonyl (C=O) groups is 2. The second kappa shape index (κ2) is 6.29. The summed E-state index contributed by atoms with van der Waals surface area (Å²) in [5.41, 5.74) is 0.751. The molecule has 20 heavy (non-hydrogen) atoms. The van der Waals surface area contributed by atoms with Crippen molar-refractivity contribution in [2.75, 3.05) is 12.4 Å². The van der Waals surface area contributed by atoms with E-state index in [0.717, 1.165) is 0 Å². The molecular weight excluding hydrogens is 328 g/mol. The van der Waals surface area contributed by atoms with Gasteiger partial charge in [-0.2, -0.15) is 5.10 Å². The summed E-state index contributed by atoms with van der Waals surface area (Å²) < 4.78 is 6.47. The van der Waals surface area contributed by atoms with Crippen LogP contribution in [-0.2, 0) is 16.1 Å². The number of esters is 1. The zero-order valence-electron chi connectivity index (χ0n) is 10.5. The SMILES string of the molecule is COC(=O)Cn1cc(NC(=O)c2cccc(Br)n2)cn1. The van der Waals surface area contributed by atoms with Crippen molar-refractivity contribution >= 4 is 33.5 Å². The third kappa shape index (κ3) is 3.64. The first-order valence-corrected chi connectivity index (χ1v) is 6.41. The van der Waals surface area contributed by atoms with Crippen LogP contribution in [0.1, 0.15) is 10.5 Å². The molecule has 7 nitrogen and oxygen atoms in total. The Kier molecular flexibility index (Phi) is 4.46. The normalized spacial score (nSPS) is 10.1. The molecule has 2 rings (SSSR count). The Morgan fingerprint density at radius 1 is 1.45 bits per heavy atom. The van der Waals surface area contributed by atoms with Gasteiger partial charge >= 0.3 is 5.97 Å². The quantitative estimate of drug-likeness (QED) is 0.673. The Morgan fingerprint density at radius 3 is 2.95 bits per heavy atom. The van der Waals surface area contributed by atoms with Crippen LogP contribution in [0.4, 0.5) is 5.69 Å². The van der Waals surface area contributed by atoms with Crippen molar-refractivity contribution in [3.63, 3.8) is 0 Å². The number of carbonyl (C=O) groups excluding carboxylic acids is 2. The van der Waals surface area contributed by atoms with Crippen molar-refractivity contribution in [3.05, 3.63) is 40.9 Å². The van der Waals surface area contributed by atoms with Gasteiger partial charge in [0.05, 0.1) is 19.0 Å². The van der Waals surface area contributed by atoms with Gasteiger partial charge in [-0.25, -0.2) is 4.98 Å². The van der Waals surface area contributed by atoms with Crippen LogP contribution in [-0.4, -0.2) is 33.8 Å². The largest absolute Gasteiger partial charge is 0.468 e. The maximum absolute atomic E-state index is 11.9. The zero-order valence-corrected chi connectivity index (χ0v) is 12.1. The molecule has 1 amide bonds. The summed E-state index contributed by atoms with van der Waals surface area (Å²) in [7, 11) is 1.30. The first-order chi connectivity index (χ1) is 9.58. The lowest BCUT2D eigenvalue weighted by Gasteiger charge is -2.02. The van der Waals surface area contributed by atoms with Crippen LogP contribution in [0.2, 0.25) is 0 Å². The highest BCUT2D eigenvalue weighted by molar-refractivity contribution is 9.10. The highest BCUT2D eigenvalue weighted by Gasteiger charge is 2.10. The van der Waals surface area contributed by atoms with Gasteiger partial charge in [0.2, 0.25) is 0 Å². The van der Waals surface area contributed by atoms with Crippen LogP contribution in [0.25, 0.3) is 0 Å². The number of rotatable bonds is 4. The molecule has 2 heterocycles. The fourth-order valence-corrected chi connectivity index (χ4v) is 1.78. The van der Waals surface area contributed by atoms with Gasteiger partial charge in [0.1, 0.15) is 16.8 Å². The van der Waals surface area contributed by atoms with Crippen LogP contribution in [0.3, 0.4) is 0 Å². The number of ether oxygens (including phenoxy) is 1. The maximum atomic E-state index is 11.9. The molecule has 0 aliphatic heterocycles. The minimum absolute atomic E-state index is 0.0124. The molecule has 0 spiro atoms. The van der Waals surface area contributed by atoms with Crippen molar-refractivity contribution < 1.29 is 14.3 Å². The zero-order chi connectivity index (χ0) is 14.5. The summed E-state index contributed by atoms with van der Waals surface area (Å²) in [6.45, 7) is -0.0124. The van der Waals surface area contributed by atoms with Gasteiger partial charge in [-0.1, -0.05) is 6.07 Å². The molecule has 0 saturated carbocycles. The minimum Gasteiger partial charge on any atom is -0.468 e. The van der Waals surface area contributed by atoms with E-state index in [0.29, 0.717) is 10.3 Å². The third-order valence-corrected chi connectivity index (χ3v) is 2.80. The number of halogens is 1. The van der Waals surface area contributed by atoms with E-state index in [1.54, 1.807) is 18.2 Å². The first-order valence-electron chi connectivity index (χ1n) is 5.61. The molecule has 0 radical (unpaired) electrons. The fraction of sp³-hybridized carbons (Fsp3) is 0.167. The third-order valence-electron chi connectivity index (χ3n) is 2.36. The molecule has 0 unspecified atom stereocenters. The molecule has 2 aromatic rings. The van der Waals surface area contributed by atoms with Crippen LogP contribution in [0.5, 0.6) is 0 Å². The lowest BCUT2D eigenvalue weighted by molar-refractivity contribution is -0.141. The number of nitrogens with zero attached hydrogens (tertiary/aromatic N) is 3. The molecule has 8 heteroatoms. The summed E-state index contributed by atoms with van der Waals surface area (Å²) in [5.74, 6) is -0.774. The molecule has 0 aliphatic carbocycles. The molecule has 0 fully saturated rings. The average molecular weight is 339 g/mol. The highest BCUT2D eigenvalue weighted by Crippen LogP contribution is 2.10. The van der Waals surface area contributed by atoms with E-state index < -0.39 is 5.97 Å². The predicted octanol–water partition coefficient (Wildman–Crippen LogP) is 1.47. The number of pyridine rings is 1. The average Bonchev–Trinajstić information content (AvgIpc) is 2.85. The van der Waals surface area contributed by atoms with E-state index in [1.807, 2.05) is 0 Å². The number of aromatic nitrogens is 3. The summed E-state index contributed by atoms with van der Waals surface area (Å²) in [4.78, 5) is 27.1. The van der Waals surface area contributed by atoms with E-state index in [9.17, 15) is 9.59 Å². The van der Waals surface area contributed by atoms with Crippen molar-refractivity contribution in [2.24, 2.45) is 0 Å². The molecule has 104 valence electrons. The van der Waals surface area contributed by atoms with Gasteiger partial charge in [0.15, 0.2) is 0 Å². The van der Waals surface area contributed by atoms with Gasteiger partial charge in [0, 0.05) is 6.20 Å². The number of hydrogen-bond acceptors (Lipinski definition) is 5. The summed E-state index contributed by atoms with van der Waals surface area (Å²) in [6, 6.07) is 5.04. The van der Waals surface area contributed by atoms with E-state index in [2.05, 4.69) is 36.1 Å². The first kappa shape index (κ1) is 14.2. The minimum atomic E-state index is -0.417. The molecular formula is C12H11BrN4O3. The van der Waals surface area contributed by atoms with Gasteiger partial charge in [-0.15, -0.1) is 0 Å². The second-order valence-electron chi connectivity index (χ2n) is 3.80. The molecule has 2 aromatic heterocycles. The fourth-order valence-electron chi connectivity index (χ4n) is 1.44. The van der Waals surface area contributed by atoms with E-state index in [-0.39, 0.29) is 18.1 Å². The number of anilines is 1. The van der Waals surface area contributed by atoms with Crippen molar-refractivity contribution in [1.29, 1.82) is 0 Å². The number of nitrogens with one attached hydrogen (secondary N) is 1. The second-order valence-corrected chi connectivity index (χ2v) is 4.61. The van der Waals surface area contributed by atoms with Crippen molar-refractivity contribution in [2.45, 2.75) is 6.54 Å². The van der Waals surface area contributed by atoms with Gasteiger partial charge in [0.25, 0.3) is 5.91 Å². The maximum Gasteiger partial charge on any atom is 0.327 e. The monoisotopic (exact) mass is 338 g/mol. The van der Waals surface area contributed by atoms with Crippen LogP contribution >= 0.6 is 15.9 Å². The molecule has 0 aromatic carbocycles. The number of amides is 1. The Morgan fingerprint density at radius 2 is 2.25 bits per heavy atom. The summed E-state index contributed by atoms with van der Waals surface area (Å²) in [5, 5.41) is 6.58. The highest BCUT2D eigenvalue weighted by atomic mass is 79.9. The lowest BCUT2D eigenvalue weighted by Crippen LogP contribution is -2.14. The summed E-state index contributed by atoms with van der Waals surface area (Å²) >= 11 is 3.20. The van der Waals surface area contributed by atoms with E-state index in [4.69, 9.17) is 0 Å². The van der Waals surface area contributed by atoms with Crippen LogP contribution < -0.4 is 5.32 Å². The number of methoxy groups -OCH3 is 1. The molecule has 0 aliphatic rings. The Bertz CT molecular complexity index is 641. The lowest BCUT2D eigenvalue weighted by atomic mass is 10.3. The van der Waals surface area contributed by atoms with Crippen molar-refractivity contribution in [1.82, 2.24) is 14.8 Å². The van der Waals surface area contributed by atoms with Crippen LogP contribution in [0.15, 0.2) is 35.2 Å². The Hall–Kier alpha value is -2.22. The van der Waals surface area contributed by atoms with Gasteiger partial charge in [-0.05, 0) is 28.1 Å². The molecule has 0 saturated heterocycles. The summed E-state index contributed by atoms with van der Waals surface area (Å²) in [6.07, 6.45) is 2.98. The smallest absolute Gasteiger partial charge is 0.327 e. The van der Waals surface area contributed by atoms with E-state index >= 15 is 0 Å². The van der Waals surface area contributed by atoms with Crippen LogP contribution in [0, 0.1) is 0 Å². The topological polar surface area (TPSA) is 86.1 Å². The number of hydrogen-bond donors (Lipinski definition) is 1. The van der Waals surface area contributed by atoms with Crippen molar-refractivity contribution in [3.8, 4) is 0 Å². The molecule has 0 atom stereocenters. The molecule has 1 N–H and O–H groups in total. The standard InChI is InChI=1S/C12H11BrN4O3/c1-20-11(18)7-17-6-8(5-14-17)15-12(19)9-3-2-4-10(13)16-9/h2-6H,7H2,1H3,(H,15,19). The van der Waals surface area contributed by atoms with E-state index in [1.165, 1.54) is 24.2 Å². The Labute approximate surface area is 123 Å². The van der Waals surface area contributed by atoms with Gasteiger partial charge < -0.3 is 10.1 Å². The van der Waals surface area contributed by atoms with Gasteiger partial charge in [-0.3, -0.25) is 14.3 Å². The predicted molar refractivity (Wildman–Crippen MR) is 74.1 cm³/mol.